The van der Waals surface area contributed by atoms with Crippen molar-refractivity contribution in [2.24, 2.45) is 5.92 Å². The number of aliphatic carboxylic acids is 1. The lowest BCUT2D eigenvalue weighted by atomic mass is 10.00. The summed E-state index contributed by atoms with van der Waals surface area (Å²) in [4.78, 5) is 17.1. The number of benzene rings is 1. The van der Waals surface area contributed by atoms with E-state index in [0.29, 0.717) is 31.0 Å². The van der Waals surface area contributed by atoms with Gasteiger partial charge in [0.1, 0.15) is 12.4 Å². The van der Waals surface area contributed by atoms with E-state index in [0.717, 1.165) is 17.9 Å². The van der Waals surface area contributed by atoms with Crippen molar-refractivity contribution in [3.8, 4) is 11.8 Å². The van der Waals surface area contributed by atoms with Crippen LogP contribution in [0.1, 0.15) is 16.8 Å². The Labute approximate surface area is 139 Å². The second kappa shape index (κ2) is 7.11. The van der Waals surface area contributed by atoms with E-state index in [4.69, 9.17) is 15.1 Å². The number of nitrogens with zero attached hydrogens (tertiary/aromatic N) is 3. The second-order valence-corrected chi connectivity index (χ2v) is 5.81. The van der Waals surface area contributed by atoms with Crippen LogP contribution in [-0.4, -0.2) is 34.0 Å². The van der Waals surface area contributed by atoms with E-state index in [2.05, 4.69) is 16.0 Å². The molecule has 0 atom stereocenters. The van der Waals surface area contributed by atoms with Gasteiger partial charge in [0.05, 0.1) is 23.2 Å². The zero-order valence-electron chi connectivity index (χ0n) is 13.1. The average Bonchev–Trinajstić information content (AvgIpc) is 2.56. The highest BCUT2D eigenvalue weighted by atomic mass is 16.5. The summed E-state index contributed by atoms with van der Waals surface area (Å²) in [6.07, 6.45) is 1.60. The van der Waals surface area contributed by atoms with E-state index in [1.54, 1.807) is 18.3 Å². The molecule has 6 nitrogen and oxygen atoms in total. The zero-order chi connectivity index (χ0) is 16.9. The molecule has 6 heteroatoms. The lowest BCUT2D eigenvalue weighted by Crippen LogP contribution is -2.49. The van der Waals surface area contributed by atoms with Crippen LogP contribution in [0.3, 0.4) is 0 Å². The molecule has 1 aliphatic heterocycles. The monoisotopic (exact) mass is 323 g/mol. The Morgan fingerprint density at radius 3 is 2.75 bits per heavy atom. The largest absolute Gasteiger partial charge is 0.487 e. The van der Waals surface area contributed by atoms with Gasteiger partial charge >= 0.3 is 5.97 Å². The first-order valence-corrected chi connectivity index (χ1v) is 7.66. The van der Waals surface area contributed by atoms with Crippen LogP contribution in [0, 0.1) is 17.2 Å². The quantitative estimate of drug-likeness (QED) is 0.875. The number of ether oxygens (including phenoxy) is 1. The van der Waals surface area contributed by atoms with E-state index in [1.165, 1.54) is 0 Å². The smallest absolute Gasteiger partial charge is 0.309 e. The predicted molar refractivity (Wildman–Crippen MR) is 86.1 cm³/mol. The van der Waals surface area contributed by atoms with E-state index in [1.807, 2.05) is 24.3 Å². The predicted octanol–water partition coefficient (Wildman–Crippen LogP) is 2.05. The van der Waals surface area contributed by atoms with Gasteiger partial charge in [-0.2, -0.15) is 5.26 Å². The van der Waals surface area contributed by atoms with Gasteiger partial charge in [-0.25, -0.2) is 0 Å². The summed E-state index contributed by atoms with van der Waals surface area (Å²) in [6, 6.07) is 13.2. The van der Waals surface area contributed by atoms with Crippen LogP contribution in [0.2, 0.25) is 0 Å². The van der Waals surface area contributed by atoms with E-state index in [-0.39, 0.29) is 5.92 Å². The van der Waals surface area contributed by atoms with Gasteiger partial charge in [0, 0.05) is 25.8 Å². The summed E-state index contributed by atoms with van der Waals surface area (Å²) < 4.78 is 5.68. The highest BCUT2D eigenvalue weighted by Crippen LogP contribution is 2.20. The molecule has 0 bridgehead atoms. The fourth-order valence-corrected chi connectivity index (χ4v) is 2.59. The van der Waals surface area contributed by atoms with E-state index >= 15 is 0 Å². The number of hydrogen-bond donors (Lipinski definition) is 1. The van der Waals surface area contributed by atoms with Gasteiger partial charge in [0.15, 0.2) is 0 Å². The van der Waals surface area contributed by atoms with Gasteiger partial charge in [-0.1, -0.05) is 12.1 Å². The van der Waals surface area contributed by atoms with Crippen molar-refractivity contribution >= 4 is 5.97 Å². The Morgan fingerprint density at radius 1 is 1.33 bits per heavy atom. The normalized spacial score (nSPS) is 14.6. The lowest BCUT2D eigenvalue weighted by Gasteiger charge is -2.36. The molecule has 122 valence electrons. The summed E-state index contributed by atoms with van der Waals surface area (Å²) in [5.74, 6) is -0.219. The van der Waals surface area contributed by atoms with Gasteiger partial charge in [-0.3, -0.25) is 14.7 Å². The van der Waals surface area contributed by atoms with Crippen molar-refractivity contribution in [1.29, 1.82) is 5.26 Å². The summed E-state index contributed by atoms with van der Waals surface area (Å²) in [5, 5.41) is 17.7. The molecular weight excluding hydrogens is 306 g/mol. The number of pyridine rings is 1. The Balaban J connectivity index is 1.50. The summed E-state index contributed by atoms with van der Waals surface area (Å²) in [5.41, 5.74) is 2.39. The maximum Gasteiger partial charge on any atom is 0.309 e. The fourth-order valence-electron chi connectivity index (χ4n) is 2.59. The number of carboxylic acid groups (broad SMARTS) is 1. The molecule has 1 aromatic carbocycles. The van der Waals surface area contributed by atoms with Crippen molar-refractivity contribution in [2.75, 3.05) is 13.1 Å². The van der Waals surface area contributed by atoms with Crippen LogP contribution in [0.15, 0.2) is 42.6 Å². The number of carbonyl (C=O) groups is 1. The second-order valence-electron chi connectivity index (χ2n) is 5.81. The molecule has 1 N–H and O–H groups in total. The van der Waals surface area contributed by atoms with Gasteiger partial charge in [0.25, 0.3) is 0 Å². The topological polar surface area (TPSA) is 86.5 Å². The molecule has 3 rings (SSSR count). The van der Waals surface area contributed by atoms with Gasteiger partial charge in [-0.15, -0.1) is 0 Å². The third kappa shape index (κ3) is 3.89. The average molecular weight is 323 g/mol. The first kappa shape index (κ1) is 16.0. The highest BCUT2D eigenvalue weighted by molar-refractivity contribution is 5.71. The molecule has 1 aromatic heterocycles. The number of aromatic nitrogens is 1. The summed E-state index contributed by atoms with van der Waals surface area (Å²) in [7, 11) is 0. The van der Waals surface area contributed by atoms with Crippen LogP contribution in [0.25, 0.3) is 0 Å². The van der Waals surface area contributed by atoms with Crippen LogP contribution < -0.4 is 4.74 Å². The van der Waals surface area contributed by atoms with E-state index in [9.17, 15) is 4.79 Å². The molecule has 1 saturated heterocycles. The molecule has 0 aliphatic carbocycles. The first-order valence-electron chi connectivity index (χ1n) is 7.66. The molecule has 0 spiro atoms. The van der Waals surface area contributed by atoms with Gasteiger partial charge in [-0.05, 0) is 29.8 Å². The number of carboxylic acids is 1. The molecule has 2 aromatic rings. The molecular formula is C18H17N3O3. The third-order valence-corrected chi connectivity index (χ3v) is 3.97. The van der Waals surface area contributed by atoms with Crippen LogP contribution >= 0.6 is 0 Å². The Bertz CT molecular complexity index is 762. The van der Waals surface area contributed by atoms with Crippen LogP contribution in [0.5, 0.6) is 5.75 Å². The molecule has 24 heavy (non-hydrogen) atoms. The van der Waals surface area contributed by atoms with Crippen LogP contribution in [0.4, 0.5) is 0 Å². The minimum Gasteiger partial charge on any atom is -0.487 e. The maximum absolute atomic E-state index is 10.8. The molecule has 2 heterocycles. The number of rotatable bonds is 6. The fraction of sp³-hybridized carbons (Fsp3) is 0.278. The van der Waals surface area contributed by atoms with Crippen molar-refractivity contribution in [1.82, 2.24) is 9.88 Å². The molecule has 0 saturated carbocycles. The molecule has 0 radical (unpaired) electrons. The minimum atomic E-state index is -0.718. The van der Waals surface area contributed by atoms with Crippen LogP contribution in [-0.2, 0) is 17.9 Å². The van der Waals surface area contributed by atoms with Crippen molar-refractivity contribution in [3.63, 3.8) is 0 Å². The van der Waals surface area contributed by atoms with Gasteiger partial charge < -0.3 is 9.84 Å². The van der Waals surface area contributed by atoms with E-state index < -0.39 is 5.97 Å². The number of hydrogen-bond acceptors (Lipinski definition) is 5. The van der Waals surface area contributed by atoms with Crippen molar-refractivity contribution < 1.29 is 14.6 Å². The molecule has 1 fully saturated rings. The minimum absolute atomic E-state index is 0.232. The van der Waals surface area contributed by atoms with Crippen molar-refractivity contribution in [2.45, 2.75) is 13.2 Å². The Morgan fingerprint density at radius 2 is 2.08 bits per heavy atom. The Hall–Kier alpha value is -2.91. The first-order chi connectivity index (χ1) is 11.6. The SMILES string of the molecule is N#Cc1ccnc(COc2ccc(CN3CC(C(=O)O)C3)cc2)c1. The summed E-state index contributed by atoms with van der Waals surface area (Å²) in [6.45, 7) is 2.26. The highest BCUT2D eigenvalue weighted by Gasteiger charge is 2.31. The number of likely N-dealkylation sites (tertiary alicyclic amines) is 1. The molecule has 0 unspecified atom stereocenters. The Kier molecular flexibility index (Phi) is 4.73. The van der Waals surface area contributed by atoms with Gasteiger partial charge in [0.2, 0.25) is 0 Å². The zero-order valence-corrected chi connectivity index (χ0v) is 13.1. The maximum atomic E-state index is 10.8. The third-order valence-electron chi connectivity index (χ3n) is 3.97. The lowest BCUT2D eigenvalue weighted by molar-refractivity contribution is -0.147. The molecule has 0 amide bonds. The number of nitriles is 1. The molecule has 1 aliphatic rings. The van der Waals surface area contributed by atoms with Crippen molar-refractivity contribution in [3.05, 3.63) is 59.4 Å². The standard InChI is InChI=1S/C18H17N3O3/c19-8-14-5-6-20-16(7-14)12-24-17-3-1-13(2-4-17)9-21-10-15(11-21)18(22)23/h1-7,15H,9-12H2,(H,22,23). The summed E-state index contributed by atoms with van der Waals surface area (Å²) >= 11 is 0.